The zero-order chi connectivity index (χ0) is 23.4. The molecule has 3 fully saturated rings. The molecule has 3 unspecified atom stereocenters. The van der Waals surface area contributed by atoms with Crippen LogP contribution < -0.4 is 5.32 Å². The third kappa shape index (κ3) is 3.68. The number of thiazole rings is 1. The summed E-state index contributed by atoms with van der Waals surface area (Å²) >= 11 is 1.49. The molecule has 3 atom stereocenters. The smallest absolute Gasteiger partial charge is 0.333 e. The lowest BCUT2D eigenvalue weighted by atomic mass is 10.0. The number of aromatic nitrogens is 3. The monoisotopic (exact) mass is 489 g/mol. The maximum absolute atomic E-state index is 13.2. The van der Waals surface area contributed by atoms with Crippen molar-refractivity contribution >= 4 is 28.8 Å². The first-order valence-corrected chi connectivity index (χ1v) is 12.4. The summed E-state index contributed by atoms with van der Waals surface area (Å²) in [5.41, 5.74) is 2.19. The van der Waals surface area contributed by atoms with Crippen molar-refractivity contribution in [3.63, 3.8) is 0 Å². The molecule has 180 valence electrons. The van der Waals surface area contributed by atoms with Gasteiger partial charge in [0, 0.05) is 54.1 Å². The number of hydrogen-bond acceptors (Lipinski definition) is 7. The molecular formula is C22H25F2N7O2S. The van der Waals surface area contributed by atoms with Gasteiger partial charge in [0.05, 0.1) is 24.4 Å². The normalized spacial score (nSPS) is 28.5. The van der Waals surface area contributed by atoms with Crippen molar-refractivity contribution in [2.45, 2.75) is 62.9 Å². The predicted molar refractivity (Wildman–Crippen MR) is 121 cm³/mol. The van der Waals surface area contributed by atoms with Gasteiger partial charge in [-0.25, -0.2) is 14.5 Å². The molecule has 2 amide bonds. The van der Waals surface area contributed by atoms with Crippen molar-refractivity contribution in [3.05, 3.63) is 40.2 Å². The number of nitrogens with zero attached hydrogens (tertiary/aromatic N) is 6. The van der Waals surface area contributed by atoms with Crippen molar-refractivity contribution in [3.8, 4) is 0 Å². The SMILES string of the molecule is O=C(NC1CC2=C(c3ccn(C(F)F)n3)CN=C(c3nccs3)N2C1)N1C2CCC1CC(O)C2. The molecule has 6 rings (SSSR count). The summed E-state index contributed by atoms with van der Waals surface area (Å²) in [6.07, 6.45) is 6.32. The topological polar surface area (TPSA) is 98.9 Å². The minimum atomic E-state index is -2.71. The Balaban J connectivity index is 1.26. The van der Waals surface area contributed by atoms with Crippen molar-refractivity contribution in [1.29, 1.82) is 0 Å². The number of nitrogens with one attached hydrogen (secondary N) is 1. The number of urea groups is 1. The second-order valence-corrected chi connectivity index (χ2v) is 10.1. The molecule has 6 heterocycles. The van der Waals surface area contributed by atoms with Gasteiger partial charge in [-0.2, -0.15) is 13.9 Å². The van der Waals surface area contributed by atoms with Gasteiger partial charge in [0.15, 0.2) is 10.8 Å². The lowest BCUT2D eigenvalue weighted by Gasteiger charge is -2.37. The lowest BCUT2D eigenvalue weighted by molar-refractivity contribution is 0.0534. The molecule has 12 heteroatoms. The van der Waals surface area contributed by atoms with Crippen molar-refractivity contribution in [2.75, 3.05) is 13.1 Å². The van der Waals surface area contributed by atoms with Gasteiger partial charge in [-0.05, 0) is 31.7 Å². The van der Waals surface area contributed by atoms with Crippen LogP contribution in [-0.2, 0) is 0 Å². The van der Waals surface area contributed by atoms with Crippen LogP contribution in [0.3, 0.4) is 0 Å². The van der Waals surface area contributed by atoms with E-state index in [1.54, 1.807) is 12.3 Å². The highest BCUT2D eigenvalue weighted by molar-refractivity contribution is 7.11. The van der Waals surface area contributed by atoms with Crippen LogP contribution in [0.5, 0.6) is 0 Å². The van der Waals surface area contributed by atoms with E-state index in [-0.39, 0.29) is 30.3 Å². The number of aliphatic hydroxyl groups is 1. The first kappa shape index (κ1) is 21.7. The third-order valence-corrected chi connectivity index (χ3v) is 7.94. The Morgan fingerprint density at radius 3 is 2.74 bits per heavy atom. The second-order valence-electron chi connectivity index (χ2n) is 9.24. The van der Waals surface area contributed by atoms with E-state index in [0.29, 0.717) is 42.7 Å². The average molecular weight is 490 g/mol. The Morgan fingerprint density at radius 1 is 1.26 bits per heavy atom. The van der Waals surface area contributed by atoms with E-state index in [2.05, 4.69) is 15.4 Å². The third-order valence-electron chi connectivity index (χ3n) is 7.17. The second kappa shape index (κ2) is 8.42. The summed E-state index contributed by atoms with van der Waals surface area (Å²) in [5.74, 6) is 0.736. The number of amides is 2. The van der Waals surface area contributed by atoms with E-state index >= 15 is 0 Å². The number of piperidine rings is 1. The summed E-state index contributed by atoms with van der Waals surface area (Å²) in [7, 11) is 0. The Labute approximate surface area is 198 Å². The van der Waals surface area contributed by atoms with Crippen LogP contribution in [0.4, 0.5) is 13.6 Å². The molecule has 3 saturated heterocycles. The fraction of sp³-hybridized carbons (Fsp3) is 0.545. The Morgan fingerprint density at radius 2 is 2.06 bits per heavy atom. The number of rotatable bonds is 4. The number of hydrogen-bond donors (Lipinski definition) is 2. The molecule has 0 spiro atoms. The summed E-state index contributed by atoms with van der Waals surface area (Å²) in [5, 5.41) is 20.0. The van der Waals surface area contributed by atoms with Gasteiger partial charge in [0.25, 0.3) is 0 Å². The quantitative estimate of drug-likeness (QED) is 0.688. The largest absolute Gasteiger partial charge is 0.393 e. The maximum atomic E-state index is 13.2. The molecular weight excluding hydrogens is 464 g/mol. The van der Waals surface area contributed by atoms with Gasteiger partial charge >= 0.3 is 12.6 Å². The van der Waals surface area contributed by atoms with E-state index in [9.17, 15) is 18.7 Å². The minimum absolute atomic E-state index is 0.0817. The number of carbonyl (C=O) groups excluding carboxylic acids is 1. The molecule has 0 aromatic carbocycles. The van der Waals surface area contributed by atoms with Crippen molar-refractivity contribution in [1.82, 2.24) is 29.9 Å². The zero-order valence-corrected chi connectivity index (χ0v) is 19.2. The van der Waals surface area contributed by atoms with Crippen LogP contribution in [0, 0.1) is 0 Å². The lowest BCUT2D eigenvalue weighted by Crippen LogP contribution is -2.54. The molecule has 0 saturated carbocycles. The van der Waals surface area contributed by atoms with Crippen molar-refractivity contribution < 1.29 is 18.7 Å². The summed E-state index contributed by atoms with van der Waals surface area (Å²) in [4.78, 5) is 26.3. The molecule has 2 N–H and O–H groups in total. The number of halogens is 2. The number of aliphatic hydroxyl groups excluding tert-OH is 1. The summed E-state index contributed by atoms with van der Waals surface area (Å²) in [6, 6.07) is 1.49. The van der Waals surface area contributed by atoms with Crippen LogP contribution in [0.25, 0.3) is 5.57 Å². The first-order valence-electron chi connectivity index (χ1n) is 11.5. The fourth-order valence-electron chi connectivity index (χ4n) is 5.75. The number of amidine groups is 1. The number of fused-ring (bicyclic) bond motifs is 3. The Bertz CT molecular complexity index is 1130. The predicted octanol–water partition coefficient (Wildman–Crippen LogP) is 2.68. The van der Waals surface area contributed by atoms with Gasteiger partial charge in [-0.15, -0.1) is 11.3 Å². The first-order chi connectivity index (χ1) is 16.5. The fourth-order valence-corrected chi connectivity index (χ4v) is 6.40. The number of carbonyl (C=O) groups is 1. The standard InChI is InChI=1S/C22H25F2N7O2S/c23-21(24)30-5-3-17(28-30)16-10-26-19(20-25-4-6-34-20)29-11-12(7-18(16)29)27-22(33)31-13-1-2-14(31)9-15(32)8-13/h3-6,12-15,21,32H,1-2,7-11H2,(H,27,33). The molecule has 9 nitrogen and oxygen atoms in total. The van der Waals surface area contributed by atoms with Crippen LogP contribution in [0.2, 0.25) is 0 Å². The molecule has 2 aromatic rings. The molecule has 0 radical (unpaired) electrons. The zero-order valence-electron chi connectivity index (χ0n) is 18.3. The highest BCUT2D eigenvalue weighted by Gasteiger charge is 2.44. The molecule has 4 aliphatic rings. The van der Waals surface area contributed by atoms with Crippen LogP contribution >= 0.6 is 11.3 Å². The van der Waals surface area contributed by atoms with Crippen LogP contribution in [-0.4, -0.2) is 78.9 Å². The molecule has 2 bridgehead atoms. The minimum Gasteiger partial charge on any atom is -0.393 e. The Kier molecular flexibility index (Phi) is 5.36. The van der Waals surface area contributed by atoms with Crippen LogP contribution in [0.1, 0.15) is 49.4 Å². The molecule has 0 aliphatic carbocycles. The molecule has 2 aromatic heterocycles. The van der Waals surface area contributed by atoms with Gasteiger partial charge in [0.2, 0.25) is 0 Å². The van der Waals surface area contributed by atoms with E-state index < -0.39 is 6.55 Å². The maximum Gasteiger partial charge on any atom is 0.333 e. The van der Waals surface area contributed by atoms with Gasteiger partial charge in [-0.1, -0.05) is 0 Å². The average Bonchev–Trinajstić information content (AvgIpc) is 3.59. The van der Waals surface area contributed by atoms with Crippen molar-refractivity contribution in [2.24, 2.45) is 4.99 Å². The van der Waals surface area contributed by atoms with Crippen LogP contribution in [0.15, 0.2) is 34.5 Å². The summed E-state index contributed by atoms with van der Waals surface area (Å²) in [6.45, 7) is -1.87. The highest BCUT2D eigenvalue weighted by Crippen LogP contribution is 2.37. The van der Waals surface area contributed by atoms with E-state index in [0.717, 1.165) is 35.0 Å². The molecule has 4 aliphatic heterocycles. The summed E-state index contributed by atoms with van der Waals surface area (Å²) < 4.78 is 26.9. The van der Waals surface area contributed by atoms with Gasteiger partial charge < -0.3 is 20.2 Å². The number of aliphatic imine (C=N–C) groups is 1. The highest BCUT2D eigenvalue weighted by atomic mass is 32.1. The van der Waals surface area contributed by atoms with Gasteiger partial charge in [0.1, 0.15) is 0 Å². The van der Waals surface area contributed by atoms with E-state index in [4.69, 9.17) is 4.99 Å². The van der Waals surface area contributed by atoms with E-state index in [1.165, 1.54) is 17.5 Å². The number of alkyl halides is 2. The van der Waals surface area contributed by atoms with Gasteiger partial charge in [-0.3, -0.25) is 4.99 Å². The molecule has 34 heavy (non-hydrogen) atoms. The van der Waals surface area contributed by atoms with E-state index in [1.807, 2.05) is 15.2 Å². The Hall–Kier alpha value is -2.86.